The van der Waals surface area contributed by atoms with Crippen molar-refractivity contribution >= 4 is 22.7 Å². The zero-order valence-corrected chi connectivity index (χ0v) is 17.4. The summed E-state index contributed by atoms with van der Waals surface area (Å²) in [4.78, 5) is 24.6. The molecular formula is C22H27NO4S. The first kappa shape index (κ1) is 21.8. The topological polar surface area (TPSA) is 72.5 Å². The molecular weight excluding hydrogens is 374 g/mol. The third kappa shape index (κ3) is 6.30. The van der Waals surface area contributed by atoms with Crippen molar-refractivity contribution in [2.45, 2.75) is 38.0 Å². The Hall–Kier alpha value is -2.47. The van der Waals surface area contributed by atoms with E-state index in [1.807, 2.05) is 0 Å². The van der Waals surface area contributed by atoms with Crippen molar-refractivity contribution in [3.8, 4) is 0 Å². The second kappa shape index (κ2) is 10.8. The van der Waals surface area contributed by atoms with Crippen molar-refractivity contribution in [1.29, 1.82) is 0 Å². The summed E-state index contributed by atoms with van der Waals surface area (Å²) in [5.41, 5.74) is 2.65. The van der Waals surface area contributed by atoms with Crippen LogP contribution < -0.4 is 5.32 Å². The molecule has 1 atom stereocenters. The Kier molecular flexibility index (Phi) is 8.39. The molecule has 0 fully saturated rings. The van der Waals surface area contributed by atoms with Crippen LogP contribution in [0.4, 0.5) is 0 Å². The standard InChI is InChI=1S/C22H27NO4S/c1-4-28(26)20-8-6-5-7-19(20)22(25)27-15-21(24)23-14-13-17-9-11-18(12-10-17)16(2)3/h5-12,16H,4,13-15H2,1-3H3,(H,23,24)/t28-/m0/s1. The smallest absolute Gasteiger partial charge is 0.339 e. The van der Waals surface area contributed by atoms with E-state index in [0.29, 0.717) is 29.5 Å². The molecule has 0 saturated heterocycles. The van der Waals surface area contributed by atoms with Crippen molar-refractivity contribution in [2.24, 2.45) is 0 Å². The molecule has 0 bridgehead atoms. The number of carbonyl (C=O) groups is 2. The first-order valence-electron chi connectivity index (χ1n) is 9.42. The van der Waals surface area contributed by atoms with Crippen LogP contribution in [0.15, 0.2) is 53.4 Å². The van der Waals surface area contributed by atoms with Gasteiger partial charge in [0, 0.05) is 12.3 Å². The van der Waals surface area contributed by atoms with Gasteiger partial charge in [-0.25, -0.2) is 4.79 Å². The van der Waals surface area contributed by atoms with Gasteiger partial charge in [0.1, 0.15) is 0 Å². The van der Waals surface area contributed by atoms with Gasteiger partial charge in [-0.1, -0.05) is 57.2 Å². The molecule has 6 heteroatoms. The van der Waals surface area contributed by atoms with Crippen molar-refractivity contribution in [1.82, 2.24) is 5.32 Å². The predicted octanol–water partition coefficient (Wildman–Crippen LogP) is 3.45. The van der Waals surface area contributed by atoms with Gasteiger partial charge in [0.05, 0.1) is 21.3 Å². The fraction of sp³-hybridized carbons (Fsp3) is 0.364. The third-order valence-electron chi connectivity index (χ3n) is 4.33. The van der Waals surface area contributed by atoms with E-state index in [9.17, 15) is 13.8 Å². The summed E-state index contributed by atoms with van der Waals surface area (Å²) in [5, 5.41) is 2.75. The molecule has 1 amide bonds. The lowest BCUT2D eigenvalue weighted by molar-refractivity contribution is -0.124. The second-order valence-corrected chi connectivity index (χ2v) is 8.41. The van der Waals surface area contributed by atoms with Crippen molar-refractivity contribution < 1.29 is 18.5 Å². The van der Waals surface area contributed by atoms with Crippen LogP contribution in [0.1, 0.15) is 48.2 Å². The Balaban J connectivity index is 1.79. The lowest BCUT2D eigenvalue weighted by Crippen LogP contribution is -2.30. The minimum absolute atomic E-state index is 0.237. The normalized spacial score (nSPS) is 11.9. The second-order valence-electron chi connectivity index (χ2n) is 6.70. The van der Waals surface area contributed by atoms with E-state index >= 15 is 0 Å². The number of ether oxygens (including phenoxy) is 1. The van der Waals surface area contributed by atoms with Gasteiger partial charge in [-0.3, -0.25) is 9.00 Å². The van der Waals surface area contributed by atoms with Crippen molar-refractivity contribution in [3.63, 3.8) is 0 Å². The van der Waals surface area contributed by atoms with Gasteiger partial charge in [0.15, 0.2) is 6.61 Å². The quantitative estimate of drug-likeness (QED) is 0.653. The molecule has 0 radical (unpaired) electrons. The zero-order chi connectivity index (χ0) is 20.5. The molecule has 0 aliphatic heterocycles. The Bertz CT molecular complexity index is 831. The number of esters is 1. The van der Waals surface area contributed by atoms with Crippen LogP contribution in [0, 0.1) is 0 Å². The monoisotopic (exact) mass is 401 g/mol. The fourth-order valence-corrected chi connectivity index (χ4v) is 3.60. The molecule has 0 unspecified atom stereocenters. The molecule has 0 aliphatic carbocycles. The predicted molar refractivity (Wildman–Crippen MR) is 111 cm³/mol. The maximum Gasteiger partial charge on any atom is 0.339 e. The molecule has 0 spiro atoms. The molecule has 2 aromatic carbocycles. The lowest BCUT2D eigenvalue weighted by atomic mass is 10.0. The average molecular weight is 402 g/mol. The Morgan fingerprint density at radius 3 is 2.39 bits per heavy atom. The van der Waals surface area contributed by atoms with Gasteiger partial charge in [-0.15, -0.1) is 0 Å². The first-order chi connectivity index (χ1) is 13.4. The molecule has 28 heavy (non-hydrogen) atoms. The van der Waals surface area contributed by atoms with Gasteiger partial charge in [0.25, 0.3) is 5.91 Å². The van der Waals surface area contributed by atoms with Crippen LogP contribution in [0.25, 0.3) is 0 Å². The van der Waals surface area contributed by atoms with E-state index in [0.717, 1.165) is 5.56 Å². The number of nitrogens with one attached hydrogen (secondary N) is 1. The summed E-state index contributed by atoms with van der Waals surface area (Å²) < 4.78 is 17.1. The number of hydrogen-bond acceptors (Lipinski definition) is 4. The number of hydrogen-bond donors (Lipinski definition) is 1. The number of rotatable bonds is 9. The summed E-state index contributed by atoms with van der Waals surface area (Å²) in [7, 11) is -1.27. The van der Waals surface area contributed by atoms with Crippen LogP contribution in [0.2, 0.25) is 0 Å². The van der Waals surface area contributed by atoms with Crippen LogP contribution in [-0.4, -0.2) is 35.0 Å². The number of amides is 1. The summed E-state index contributed by atoms with van der Waals surface area (Å²) in [6.45, 7) is 6.18. The van der Waals surface area contributed by atoms with E-state index in [-0.39, 0.29) is 18.1 Å². The average Bonchev–Trinajstić information content (AvgIpc) is 2.71. The van der Waals surface area contributed by atoms with Gasteiger partial charge in [-0.2, -0.15) is 0 Å². The Morgan fingerprint density at radius 1 is 1.07 bits per heavy atom. The molecule has 0 heterocycles. The largest absolute Gasteiger partial charge is 0.452 e. The van der Waals surface area contributed by atoms with Gasteiger partial charge >= 0.3 is 5.97 Å². The summed E-state index contributed by atoms with van der Waals surface area (Å²) in [6.07, 6.45) is 0.705. The highest BCUT2D eigenvalue weighted by Gasteiger charge is 2.17. The summed E-state index contributed by atoms with van der Waals surface area (Å²) in [6, 6.07) is 14.9. The molecule has 1 N–H and O–H groups in total. The van der Waals surface area contributed by atoms with Crippen molar-refractivity contribution in [2.75, 3.05) is 18.9 Å². The molecule has 0 aromatic heterocycles. The molecule has 150 valence electrons. The SMILES string of the molecule is CC[S@](=O)c1ccccc1C(=O)OCC(=O)NCCc1ccc(C(C)C)cc1. The van der Waals surface area contributed by atoms with E-state index in [1.54, 1.807) is 31.2 Å². The van der Waals surface area contributed by atoms with Crippen LogP contribution >= 0.6 is 0 Å². The van der Waals surface area contributed by atoms with E-state index < -0.39 is 16.8 Å². The van der Waals surface area contributed by atoms with Crippen LogP contribution in [-0.2, 0) is 26.8 Å². The number of carbonyl (C=O) groups excluding carboxylic acids is 2. The minimum atomic E-state index is -1.27. The van der Waals surface area contributed by atoms with Crippen LogP contribution in [0.3, 0.4) is 0 Å². The maximum atomic E-state index is 12.2. The Morgan fingerprint density at radius 2 is 1.75 bits per heavy atom. The maximum absolute atomic E-state index is 12.2. The van der Waals surface area contributed by atoms with Crippen molar-refractivity contribution in [3.05, 3.63) is 65.2 Å². The lowest BCUT2D eigenvalue weighted by Gasteiger charge is -2.10. The van der Waals surface area contributed by atoms with E-state index in [2.05, 4.69) is 43.4 Å². The summed E-state index contributed by atoms with van der Waals surface area (Å²) in [5.74, 6) is -0.107. The molecule has 5 nitrogen and oxygen atoms in total. The zero-order valence-electron chi connectivity index (χ0n) is 16.6. The molecule has 0 saturated carbocycles. The fourth-order valence-electron chi connectivity index (χ4n) is 2.66. The Labute approximate surface area is 168 Å². The third-order valence-corrected chi connectivity index (χ3v) is 5.70. The van der Waals surface area contributed by atoms with Gasteiger partial charge < -0.3 is 10.1 Å². The molecule has 2 aromatic rings. The van der Waals surface area contributed by atoms with Gasteiger partial charge in [0.2, 0.25) is 0 Å². The van der Waals surface area contributed by atoms with Gasteiger partial charge in [-0.05, 0) is 35.6 Å². The molecule has 0 aliphatic rings. The highest BCUT2D eigenvalue weighted by Crippen LogP contribution is 2.16. The van der Waals surface area contributed by atoms with E-state index in [1.165, 1.54) is 5.56 Å². The number of benzene rings is 2. The van der Waals surface area contributed by atoms with E-state index in [4.69, 9.17) is 4.74 Å². The summed E-state index contributed by atoms with van der Waals surface area (Å²) >= 11 is 0. The minimum Gasteiger partial charge on any atom is -0.452 e. The van der Waals surface area contributed by atoms with Crippen LogP contribution in [0.5, 0.6) is 0 Å². The highest BCUT2D eigenvalue weighted by atomic mass is 32.2. The highest BCUT2D eigenvalue weighted by molar-refractivity contribution is 7.85. The first-order valence-corrected chi connectivity index (χ1v) is 10.7. The molecule has 2 rings (SSSR count).